The first-order valence-electron chi connectivity index (χ1n) is 8.59. The van der Waals surface area contributed by atoms with Crippen molar-refractivity contribution in [1.29, 1.82) is 0 Å². The average molecular weight is 342 g/mol. The van der Waals surface area contributed by atoms with Crippen molar-refractivity contribution < 1.29 is 13.9 Å². The van der Waals surface area contributed by atoms with Gasteiger partial charge in [-0.2, -0.15) is 0 Å². The summed E-state index contributed by atoms with van der Waals surface area (Å²) in [5.41, 5.74) is 1.20. The predicted molar refractivity (Wildman–Crippen MR) is 94.9 cm³/mol. The Hall–Kier alpha value is -2.24. The Kier molecular flexibility index (Phi) is 5.79. The largest absolute Gasteiger partial charge is 0.379 e. The van der Waals surface area contributed by atoms with Crippen LogP contribution in [-0.2, 0) is 4.74 Å². The summed E-state index contributed by atoms with van der Waals surface area (Å²) in [6.45, 7) is 4.93. The lowest BCUT2D eigenvalue weighted by atomic mass is 9.97. The second kappa shape index (κ2) is 8.23. The molecular formula is C20H23FN2O2. The number of hydrogen-bond donors (Lipinski definition) is 1. The van der Waals surface area contributed by atoms with Gasteiger partial charge >= 0.3 is 0 Å². The highest BCUT2D eigenvalue weighted by molar-refractivity contribution is 5.94. The molecule has 0 aromatic heterocycles. The first-order valence-corrected chi connectivity index (χ1v) is 8.59. The molecule has 132 valence electrons. The molecule has 1 heterocycles. The van der Waals surface area contributed by atoms with Gasteiger partial charge in [0.2, 0.25) is 0 Å². The van der Waals surface area contributed by atoms with Gasteiger partial charge in [-0.15, -0.1) is 0 Å². The van der Waals surface area contributed by atoms with Crippen LogP contribution in [0.5, 0.6) is 0 Å². The van der Waals surface area contributed by atoms with Crippen LogP contribution in [0, 0.1) is 5.82 Å². The Bertz CT molecular complexity index is 702. The molecule has 5 heteroatoms. The number of hydrogen-bond acceptors (Lipinski definition) is 3. The van der Waals surface area contributed by atoms with Gasteiger partial charge in [-0.3, -0.25) is 9.69 Å². The highest BCUT2D eigenvalue weighted by Crippen LogP contribution is 2.25. The maximum Gasteiger partial charge on any atom is 0.254 e. The molecular weight excluding hydrogens is 319 g/mol. The van der Waals surface area contributed by atoms with Gasteiger partial charge in [-0.25, -0.2) is 4.39 Å². The fourth-order valence-corrected chi connectivity index (χ4v) is 3.33. The lowest BCUT2D eigenvalue weighted by Crippen LogP contribution is -2.48. The zero-order valence-electron chi connectivity index (χ0n) is 14.3. The summed E-state index contributed by atoms with van der Waals surface area (Å²) in [5.74, 6) is -0.894. The highest BCUT2D eigenvalue weighted by atomic mass is 19.1. The minimum atomic E-state index is -0.505. The molecule has 0 bridgehead atoms. The van der Waals surface area contributed by atoms with Crippen molar-refractivity contribution >= 4 is 5.91 Å². The minimum Gasteiger partial charge on any atom is -0.379 e. The number of nitrogens with one attached hydrogen (secondary N) is 1. The van der Waals surface area contributed by atoms with Crippen molar-refractivity contribution in [1.82, 2.24) is 10.2 Å². The number of nitrogens with zero attached hydrogens (tertiary/aromatic N) is 1. The van der Waals surface area contributed by atoms with Crippen molar-refractivity contribution in [2.45, 2.75) is 19.0 Å². The van der Waals surface area contributed by atoms with Crippen LogP contribution in [0.1, 0.15) is 28.9 Å². The van der Waals surface area contributed by atoms with Gasteiger partial charge in [-0.1, -0.05) is 42.5 Å². The number of rotatable bonds is 5. The zero-order chi connectivity index (χ0) is 17.6. The summed E-state index contributed by atoms with van der Waals surface area (Å²) >= 11 is 0. The number of carbonyl (C=O) groups excluding carboxylic acids is 1. The Morgan fingerprint density at radius 2 is 1.72 bits per heavy atom. The monoisotopic (exact) mass is 342 g/mol. The van der Waals surface area contributed by atoms with Gasteiger partial charge in [0.15, 0.2) is 0 Å². The Morgan fingerprint density at radius 3 is 2.40 bits per heavy atom. The number of ether oxygens (including phenoxy) is 1. The molecule has 1 aliphatic heterocycles. The second-order valence-corrected chi connectivity index (χ2v) is 6.25. The van der Waals surface area contributed by atoms with Crippen molar-refractivity contribution in [3.05, 3.63) is 71.5 Å². The average Bonchev–Trinajstić information content (AvgIpc) is 2.64. The lowest BCUT2D eigenvalue weighted by Gasteiger charge is -2.38. The van der Waals surface area contributed by atoms with E-state index in [9.17, 15) is 9.18 Å². The first kappa shape index (κ1) is 17.6. The van der Waals surface area contributed by atoms with Crippen LogP contribution in [0.15, 0.2) is 54.6 Å². The molecule has 0 aliphatic carbocycles. The van der Waals surface area contributed by atoms with Crippen LogP contribution >= 0.6 is 0 Å². The maximum absolute atomic E-state index is 13.9. The van der Waals surface area contributed by atoms with Gasteiger partial charge in [0, 0.05) is 19.1 Å². The Balaban J connectivity index is 1.80. The Labute approximate surface area is 147 Å². The molecule has 2 unspecified atom stereocenters. The number of morpholine rings is 1. The van der Waals surface area contributed by atoms with E-state index >= 15 is 0 Å². The fraction of sp³-hybridized carbons (Fsp3) is 0.350. The molecule has 4 nitrogen and oxygen atoms in total. The van der Waals surface area contributed by atoms with Gasteiger partial charge in [0.25, 0.3) is 5.91 Å². The van der Waals surface area contributed by atoms with E-state index in [2.05, 4.69) is 22.3 Å². The summed E-state index contributed by atoms with van der Waals surface area (Å²) in [6, 6.07) is 16.0. The minimum absolute atomic E-state index is 0.0147. The van der Waals surface area contributed by atoms with E-state index in [-0.39, 0.29) is 23.6 Å². The molecule has 1 fully saturated rings. The topological polar surface area (TPSA) is 41.6 Å². The van der Waals surface area contributed by atoms with Crippen LogP contribution in [0.3, 0.4) is 0 Å². The normalized spacial score (nSPS) is 17.7. The molecule has 3 rings (SSSR count). The molecule has 1 amide bonds. The molecule has 1 saturated heterocycles. The van der Waals surface area contributed by atoms with Gasteiger partial charge in [-0.05, 0) is 24.6 Å². The van der Waals surface area contributed by atoms with Gasteiger partial charge in [0.1, 0.15) is 5.82 Å². The fourth-order valence-electron chi connectivity index (χ4n) is 3.33. The zero-order valence-corrected chi connectivity index (χ0v) is 14.3. The quantitative estimate of drug-likeness (QED) is 0.908. The molecule has 0 spiro atoms. The van der Waals surface area contributed by atoms with E-state index in [1.54, 1.807) is 12.1 Å². The molecule has 2 aromatic carbocycles. The summed E-state index contributed by atoms with van der Waals surface area (Å²) in [5, 5.41) is 2.97. The first-order chi connectivity index (χ1) is 12.2. The van der Waals surface area contributed by atoms with Crippen LogP contribution in [0.2, 0.25) is 0 Å². The summed E-state index contributed by atoms with van der Waals surface area (Å²) in [4.78, 5) is 14.8. The molecule has 1 aliphatic rings. The van der Waals surface area contributed by atoms with Crippen molar-refractivity contribution in [2.24, 2.45) is 0 Å². The van der Waals surface area contributed by atoms with E-state index in [0.29, 0.717) is 13.2 Å². The number of amides is 1. The van der Waals surface area contributed by atoms with Crippen LogP contribution in [-0.4, -0.2) is 43.2 Å². The SMILES string of the molecule is CC(NC(=O)c1ccccc1F)C(c1ccccc1)N1CCOCC1. The van der Waals surface area contributed by atoms with Gasteiger partial charge < -0.3 is 10.1 Å². The highest BCUT2D eigenvalue weighted by Gasteiger charge is 2.29. The van der Waals surface area contributed by atoms with Crippen molar-refractivity contribution in [2.75, 3.05) is 26.3 Å². The molecule has 0 saturated carbocycles. The molecule has 0 radical (unpaired) electrons. The Morgan fingerprint density at radius 1 is 1.08 bits per heavy atom. The van der Waals surface area contributed by atoms with E-state index in [0.717, 1.165) is 18.7 Å². The van der Waals surface area contributed by atoms with Crippen molar-refractivity contribution in [3.63, 3.8) is 0 Å². The number of carbonyl (C=O) groups is 1. The van der Waals surface area contributed by atoms with E-state index < -0.39 is 5.82 Å². The van der Waals surface area contributed by atoms with E-state index in [1.807, 2.05) is 25.1 Å². The number of halogens is 1. The lowest BCUT2D eigenvalue weighted by molar-refractivity contribution is 0.00887. The van der Waals surface area contributed by atoms with Crippen molar-refractivity contribution in [3.8, 4) is 0 Å². The second-order valence-electron chi connectivity index (χ2n) is 6.25. The summed E-state index contributed by atoms with van der Waals surface area (Å²) in [7, 11) is 0. The maximum atomic E-state index is 13.9. The summed E-state index contributed by atoms with van der Waals surface area (Å²) < 4.78 is 19.3. The van der Waals surface area contributed by atoms with E-state index in [4.69, 9.17) is 4.74 Å². The van der Waals surface area contributed by atoms with Crippen LogP contribution in [0.25, 0.3) is 0 Å². The molecule has 25 heavy (non-hydrogen) atoms. The summed E-state index contributed by atoms with van der Waals surface area (Å²) in [6.07, 6.45) is 0. The predicted octanol–water partition coefficient (Wildman–Crippen LogP) is 3.02. The van der Waals surface area contributed by atoms with E-state index in [1.165, 1.54) is 12.1 Å². The van der Waals surface area contributed by atoms with Gasteiger partial charge in [0.05, 0.1) is 24.8 Å². The third-order valence-corrected chi connectivity index (χ3v) is 4.53. The molecule has 2 atom stereocenters. The smallest absolute Gasteiger partial charge is 0.254 e. The van der Waals surface area contributed by atoms with Crippen LogP contribution in [0.4, 0.5) is 4.39 Å². The number of benzene rings is 2. The third kappa shape index (κ3) is 4.24. The molecule has 1 N–H and O–H groups in total. The molecule has 2 aromatic rings. The standard InChI is InChI=1S/C20H23FN2O2/c1-15(22-20(24)17-9-5-6-10-18(17)21)19(16-7-3-2-4-8-16)23-11-13-25-14-12-23/h2-10,15,19H,11-14H2,1H3,(H,22,24). The van der Waals surface area contributed by atoms with Crippen LogP contribution < -0.4 is 5.32 Å². The third-order valence-electron chi connectivity index (χ3n) is 4.53.